The second kappa shape index (κ2) is 84.2. The highest BCUT2D eigenvalue weighted by Gasteiger charge is 2.27. The average Bonchev–Trinajstić information content (AvgIpc) is 0.915. The number of phosphoric acid groups is 1. The molecule has 0 aliphatic rings. The molecule has 104 heavy (non-hydrogen) atoms. The molecule has 0 amide bonds. The van der Waals surface area contributed by atoms with Crippen LogP contribution in [0.4, 0.5) is 0 Å². The Bertz CT molecular complexity index is 2040. The second-order valence-corrected chi connectivity index (χ2v) is 33.4. The lowest BCUT2D eigenvalue weighted by Gasteiger charge is -2.24. The first kappa shape index (κ1) is 101. The number of hydrogen-bond donors (Lipinski definition) is 1. The van der Waals surface area contributed by atoms with Crippen molar-refractivity contribution in [1.82, 2.24) is 0 Å². The van der Waals surface area contributed by atoms with Crippen molar-refractivity contribution in [3.63, 3.8) is 0 Å². The molecule has 2 unspecified atom stereocenters. The molecule has 0 bridgehead atoms. The van der Waals surface area contributed by atoms with Gasteiger partial charge in [-0.2, -0.15) is 0 Å². The van der Waals surface area contributed by atoms with E-state index in [1.165, 1.54) is 347 Å². The van der Waals surface area contributed by atoms with Gasteiger partial charge in [-0.05, 0) is 89.9 Å². The topological polar surface area (TPSA) is 108 Å². The number of carbonyl (C=O) groups is 2. The van der Waals surface area contributed by atoms with Crippen molar-refractivity contribution in [3.8, 4) is 0 Å². The van der Waals surface area contributed by atoms with Gasteiger partial charge in [-0.3, -0.25) is 18.6 Å². The number of carbonyl (C=O) groups excluding carboxylic acids is 2. The Kier molecular flexibility index (Phi) is 81.9. The number of phosphoric ester groups is 1. The maximum absolute atomic E-state index is 13.0. The zero-order valence-electron chi connectivity index (χ0n) is 69.8. The lowest BCUT2D eigenvalue weighted by molar-refractivity contribution is -0.870. The summed E-state index contributed by atoms with van der Waals surface area (Å²) in [6, 6.07) is 0. The Morgan fingerprint density at radius 3 is 0.817 bits per heavy atom. The van der Waals surface area contributed by atoms with Gasteiger partial charge in [0.05, 0.1) is 27.7 Å². The first-order chi connectivity index (χ1) is 51.0. The van der Waals surface area contributed by atoms with E-state index in [0.717, 1.165) is 70.6 Å². The minimum atomic E-state index is -4.40. The predicted octanol–water partition coefficient (Wildman–Crippen LogP) is 30.7. The van der Waals surface area contributed by atoms with Crippen LogP contribution in [0.25, 0.3) is 0 Å². The van der Waals surface area contributed by atoms with Crippen molar-refractivity contribution >= 4 is 19.8 Å². The van der Waals surface area contributed by atoms with Crippen LogP contribution in [0, 0.1) is 0 Å². The van der Waals surface area contributed by atoms with Crippen LogP contribution in [0.3, 0.4) is 0 Å². The summed E-state index contributed by atoms with van der Waals surface area (Å²) in [7, 11) is 1.50. The second-order valence-electron chi connectivity index (χ2n) is 32.0. The first-order valence-corrected chi connectivity index (χ1v) is 46.8. The van der Waals surface area contributed by atoms with E-state index >= 15 is 0 Å². The van der Waals surface area contributed by atoms with Gasteiger partial charge in [0.25, 0.3) is 0 Å². The van der Waals surface area contributed by atoms with E-state index in [4.69, 9.17) is 18.5 Å². The Morgan fingerprint density at radius 2 is 0.548 bits per heavy atom. The first-order valence-electron chi connectivity index (χ1n) is 45.3. The minimum Gasteiger partial charge on any atom is -0.462 e. The lowest BCUT2D eigenvalue weighted by Crippen LogP contribution is -2.37. The number of esters is 2. The summed E-state index contributed by atoms with van der Waals surface area (Å²) in [6.45, 7) is 4.38. The molecule has 0 saturated heterocycles. The fourth-order valence-electron chi connectivity index (χ4n) is 13.6. The van der Waals surface area contributed by atoms with Gasteiger partial charge in [-0.1, -0.05) is 433 Å². The van der Waals surface area contributed by atoms with E-state index in [9.17, 15) is 19.0 Å². The number of nitrogens with zero attached hydrogens (tertiary/aromatic N) is 1. The smallest absolute Gasteiger partial charge is 0.462 e. The summed E-state index contributed by atoms with van der Waals surface area (Å²) in [4.78, 5) is 36.1. The van der Waals surface area contributed by atoms with Crippen LogP contribution in [-0.2, 0) is 32.7 Å². The fraction of sp³-hybridized carbons (Fsp3) is 0.830. The van der Waals surface area contributed by atoms with E-state index in [0.29, 0.717) is 23.9 Å². The van der Waals surface area contributed by atoms with E-state index in [1.54, 1.807) is 0 Å². The van der Waals surface area contributed by atoms with Gasteiger partial charge in [-0.25, -0.2) is 4.57 Å². The van der Waals surface area contributed by atoms with E-state index in [1.807, 2.05) is 21.1 Å². The molecule has 608 valence electrons. The van der Waals surface area contributed by atoms with Gasteiger partial charge < -0.3 is 18.9 Å². The third-order valence-corrected chi connectivity index (χ3v) is 21.4. The monoisotopic (exact) mass is 1480 g/mol. The molecule has 0 aromatic heterocycles. The van der Waals surface area contributed by atoms with Gasteiger partial charge >= 0.3 is 19.8 Å². The molecular weight excluding hydrogens is 1300 g/mol. The average molecular weight is 1480 g/mol. The number of allylic oxidation sites excluding steroid dienone is 14. The maximum atomic E-state index is 13.0. The highest BCUT2D eigenvalue weighted by Crippen LogP contribution is 2.43. The highest BCUT2D eigenvalue weighted by atomic mass is 31.2. The molecule has 0 aromatic carbocycles. The SMILES string of the molecule is CC/C=C\C/C=C\C/C=C\C/C=C\CCCCCCCCCCCCCCCCCCCCCCCCCCCCC(=O)OC(COC(=O)CCCCCCCCCCCCCCCCCCCCCCCCCCCC/C=C\C/C=C\C/C=C\CCCCCCC)COP(=O)(O)OCC[N+](C)(C)C. The van der Waals surface area contributed by atoms with Gasteiger partial charge in [0.1, 0.15) is 19.8 Å². The van der Waals surface area contributed by atoms with Gasteiger partial charge in [-0.15, -0.1) is 0 Å². The molecule has 2 atom stereocenters. The van der Waals surface area contributed by atoms with Crippen molar-refractivity contribution in [2.45, 2.75) is 457 Å². The molecule has 0 saturated carbocycles. The van der Waals surface area contributed by atoms with Crippen LogP contribution >= 0.6 is 7.82 Å². The molecule has 0 fully saturated rings. The van der Waals surface area contributed by atoms with Gasteiger partial charge in [0, 0.05) is 12.8 Å². The van der Waals surface area contributed by atoms with Crippen LogP contribution in [0.5, 0.6) is 0 Å². The Hall–Kier alpha value is -2.81. The zero-order chi connectivity index (χ0) is 75.4. The fourth-order valence-corrected chi connectivity index (χ4v) is 14.3. The molecular formula is C94H175NO8P+. The largest absolute Gasteiger partial charge is 0.472 e. The van der Waals surface area contributed by atoms with E-state index < -0.39 is 26.5 Å². The molecule has 1 N–H and O–H groups in total. The quantitative estimate of drug-likeness (QED) is 0.0211. The van der Waals surface area contributed by atoms with E-state index in [-0.39, 0.29) is 25.6 Å². The van der Waals surface area contributed by atoms with Crippen molar-refractivity contribution in [2.75, 3.05) is 47.5 Å². The standard InChI is InChI=1S/C94H174NO8P/c1-6-8-10-12-14-16-18-20-22-24-26-28-30-32-34-36-38-40-42-44-46-47-49-50-52-54-56-58-60-62-64-66-68-70-72-74-76-78-80-82-84-86-93(96)100-90-92(91-102-104(98,99)101-89-88-95(3,4)5)103-94(97)87-85-83-81-79-77-75-73-71-69-67-65-63-61-59-57-55-53-51-48-45-43-41-39-37-35-33-31-29-27-25-23-21-19-17-15-13-11-9-7-2/h9,11,15,17-18,20-21,23-24,26-27,29-30,32,92H,6-8,10,12-14,16,19,22,25,28,31,33-91H2,1-5H3/p+1/b11-9-,17-15-,20-18-,23-21-,26-24-,29-27-,32-30-. The normalized spacial score (nSPS) is 13.3. The number of quaternary nitrogens is 1. The zero-order valence-corrected chi connectivity index (χ0v) is 70.7. The summed E-state index contributed by atoms with van der Waals surface area (Å²) < 4.78 is 34.9. The van der Waals surface area contributed by atoms with Crippen LogP contribution in [0.15, 0.2) is 85.1 Å². The van der Waals surface area contributed by atoms with Crippen LogP contribution in [0.2, 0.25) is 0 Å². The number of hydrogen-bond acceptors (Lipinski definition) is 7. The number of rotatable bonds is 85. The molecule has 0 rings (SSSR count). The van der Waals surface area contributed by atoms with Crippen molar-refractivity contribution in [1.29, 1.82) is 0 Å². The summed E-state index contributed by atoms with van der Waals surface area (Å²) in [5.74, 6) is -0.771. The van der Waals surface area contributed by atoms with Crippen molar-refractivity contribution < 1.29 is 42.1 Å². The molecule has 9 nitrogen and oxygen atoms in total. The lowest BCUT2D eigenvalue weighted by atomic mass is 10.0. The number of unbranched alkanes of at least 4 members (excludes halogenated alkanes) is 57. The third kappa shape index (κ3) is 88.1. The van der Waals surface area contributed by atoms with Gasteiger partial charge in [0.2, 0.25) is 0 Å². The molecule has 0 aromatic rings. The molecule has 0 aliphatic heterocycles. The van der Waals surface area contributed by atoms with Crippen LogP contribution in [-0.4, -0.2) is 74.9 Å². The van der Waals surface area contributed by atoms with Crippen LogP contribution < -0.4 is 0 Å². The third-order valence-electron chi connectivity index (χ3n) is 20.4. The summed E-state index contributed by atoms with van der Waals surface area (Å²) in [5.41, 5.74) is 0. The summed E-state index contributed by atoms with van der Waals surface area (Å²) in [5, 5.41) is 0. The Balaban J connectivity index is 3.84. The van der Waals surface area contributed by atoms with Crippen molar-refractivity contribution in [2.24, 2.45) is 0 Å². The Labute approximate surface area is 647 Å². The number of ether oxygens (including phenoxy) is 2. The maximum Gasteiger partial charge on any atom is 0.472 e. The van der Waals surface area contributed by atoms with Crippen LogP contribution in [0.1, 0.15) is 450 Å². The molecule has 0 radical (unpaired) electrons. The number of likely N-dealkylation sites (N-methyl/N-ethyl adjacent to an activating group) is 1. The molecule has 0 aliphatic carbocycles. The van der Waals surface area contributed by atoms with Gasteiger partial charge in [0.15, 0.2) is 6.10 Å². The predicted molar refractivity (Wildman–Crippen MR) is 455 cm³/mol. The van der Waals surface area contributed by atoms with E-state index in [2.05, 4.69) is 98.9 Å². The van der Waals surface area contributed by atoms with Crippen molar-refractivity contribution in [3.05, 3.63) is 85.1 Å². The molecule has 0 heterocycles. The summed E-state index contributed by atoms with van der Waals surface area (Å²) >= 11 is 0. The highest BCUT2D eigenvalue weighted by molar-refractivity contribution is 7.47. The summed E-state index contributed by atoms with van der Waals surface area (Å²) in [6.07, 6.45) is 118. The minimum absolute atomic E-state index is 0.0339. The molecule has 10 heteroatoms. The molecule has 0 spiro atoms. The Morgan fingerprint density at radius 1 is 0.308 bits per heavy atom.